The van der Waals surface area contributed by atoms with Crippen LogP contribution in [0.1, 0.15) is 40.5 Å². The summed E-state index contributed by atoms with van der Waals surface area (Å²) in [6.07, 6.45) is 1.95. The Bertz CT molecular complexity index is 226. The lowest BCUT2D eigenvalue weighted by atomic mass is 9.82. The molecule has 1 heterocycles. The van der Waals surface area contributed by atoms with E-state index in [0.29, 0.717) is 17.9 Å². The summed E-state index contributed by atoms with van der Waals surface area (Å²) in [6.45, 7) is 9.46. The maximum absolute atomic E-state index is 11.2. The summed E-state index contributed by atoms with van der Waals surface area (Å²) in [5.74, 6) is 0.510. The Morgan fingerprint density at radius 1 is 1.33 bits per heavy atom. The predicted molar refractivity (Wildman–Crippen MR) is 60.8 cm³/mol. The van der Waals surface area contributed by atoms with Gasteiger partial charge in [0.15, 0.2) is 0 Å². The fourth-order valence-corrected chi connectivity index (χ4v) is 2.48. The number of nitrogens with zero attached hydrogens (tertiary/aromatic N) is 1. The molecule has 15 heavy (non-hydrogen) atoms. The van der Waals surface area contributed by atoms with E-state index in [4.69, 9.17) is 0 Å². The molecule has 3 heteroatoms. The van der Waals surface area contributed by atoms with Gasteiger partial charge in [-0.3, -0.25) is 9.69 Å². The van der Waals surface area contributed by atoms with Crippen molar-refractivity contribution >= 4 is 5.97 Å². The molecule has 0 bridgehead atoms. The molecule has 0 aromatic rings. The number of hydrogen-bond donors (Lipinski definition) is 1. The number of carboxylic acid groups (broad SMARTS) is 1. The molecule has 0 radical (unpaired) electrons. The van der Waals surface area contributed by atoms with Gasteiger partial charge >= 0.3 is 5.97 Å². The van der Waals surface area contributed by atoms with Crippen LogP contribution in [0.4, 0.5) is 0 Å². The molecule has 0 aromatic carbocycles. The van der Waals surface area contributed by atoms with Crippen LogP contribution in [0.15, 0.2) is 0 Å². The third kappa shape index (κ3) is 2.94. The summed E-state index contributed by atoms with van der Waals surface area (Å²) in [7, 11) is 0. The van der Waals surface area contributed by atoms with Gasteiger partial charge in [0, 0.05) is 6.04 Å². The van der Waals surface area contributed by atoms with Crippen molar-refractivity contribution in [3.8, 4) is 0 Å². The molecule has 0 aliphatic carbocycles. The summed E-state index contributed by atoms with van der Waals surface area (Å²) in [4.78, 5) is 13.3. The van der Waals surface area contributed by atoms with Gasteiger partial charge in [-0.2, -0.15) is 0 Å². The molecule has 0 aromatic heterocycles. The van der Waals surface area contributed by atoms with Crippen LogP contribution in [0.2, 0.25) is 0 Å². The molecule has 0 saturated carbocycles. The SMILES string of the molecule is CC(C)C1CCN(C(C)C)C(C(=O)O)C1. The Balaban J connectivity index is 2.69. The van der Waals surface area contributed by atoms with Crippen LogP contribution < -0.4 is 0 Å². The van der Waals surface area contributed by atoms with Crippen molar-refractivity contribution < 1.29 is 9.90 Å². The molecule has 0 spiro atoms. The number of carboxylic acids is 1. The topological polar surface area (TPSA) is 40.5 Å². The van der Waals surface area contributed by atoms with Gasteiger partial charge < -0.3 is 5.11 Å². The molecule has 1 N–H and O–H groups in total. The number of piperidine rings is 1. The Morgan fingerprint density at radius 3 is 2.33 bits per heavy atom. The second kappa shape index (κ2) is 4.97. The highest BCUT2D eigenvalue weighted by atomic mass is 16.4. The Labute approximate surface area is 92.5 Å². The summed E-state index contributed by atoms with van der Waals surface area (Å²) in [6, 6.07) is 0.0605. The fraction of sp³-hybridized carbons (Fsp3) is 0.917. The molecule has 1 fully saturated rings. The van der Waals surface area contributed by atoms with Gasteiger partial charge in [0.05, 0.1) is 0 Å². The molecule has 2 unspecified atom stereocenters. The minimum atomic E-state index is -0.658. The van der Waals surface area contributed by atoms with Crippen LogP contribution in [0.25, 0.3) is 0 Å². The highest BCUT2D eigenvalue weighted by molar-refractivity contribution is 5.73. The van der Waals surface area contributed by atoms with Gasteiger partial charge in [-0.25, -0.2) is 0 Å². The minimum absolute atomic E-state index is 0.272. The zero-order chi connectivity index (χ0) is 11.6. The molecule has 1 saturated heterocycles. The molecular weight excluding hydrogens is 190 g/mol. The van der Waals surface area contributed by atoms with Crippen LogP contribution in [-0.2, 0) is 4.79 Å². The second-order valence-corrected chi connectivity index (χ2v) is 5.21. The van der Waals surface area contributed by atoms with Crippen molar-refractivity contribution in [3.05, 3.63) is 0 Å². The third-order valence-electron chi connectivity index (χ3n) is 3.58. The number of likely N-dealkylation sites (tertiary alicyclic amines) is 1. The highest BCUT2D eigenvalue weighted by Gasteiger charge is 2.35. The van der Waals surface area contributed by atoms with E-state index in [1.807, 2.05) is 0 Å². The third-order valence-corrected chi connectivity index (χ3v) is 3.58. The number of aliphatic carboxylic acids is 1. The molecule has 88 valence electrons. The van der Waals surface area contributed by atoms with Crippen molar-refractivity contribution in [2.45, 2.75) is 52.6 Å². The van der Waals surface area contributed by atoms with Crippen LogP contribution in [0.3, 0.4) is 0 Å². The zero-order valence-corrected chi connectivity index (χ0v) is 10.2. The van der Waals surface area contributed by atoms with Crippen molar-refractivity contribution in [3.63, 3.8) is 0 Å². The van der Waals surface area contributed by atoms with Crippen LogP contribution >= 0.6 is 0 Å². The van der Waals surface area contributed by atoms with Crippen LogP contribution in [0, 0.1) is 11.8 Å². The van der Waals surface area contributed by atoms with Crippen LogP contribution in [0.5, 0.6) is 0 Å². The molecule has 1 aliphatic rings. The molecule has 1 aliphatic heterocycles. The number of hydrogen-bond acceptors (Lipinski definition) is 2. The van der Waals surface area contributed by atoms with E-state index < -0.39 is 5.97 Å². The first-order valence-electron chi connectivity index (χ1n) is 5.92. The smallest absolute Gasteiger partial charge is 0.320 e. The van der Waals surface area contributed by atoms with Crippen LogP contribution in [-0.4, -0.2) is 34.6 Å². The summed E-state index contributed by atoms with van der Waals surface area (Å²) in [5, 5.41) is 9.22. The van der Waals surface area contributed by atoms with Gasteiger partial charge in [-0.15, -0.1) is 0 Å². The van der Waals surface area contributed by atoms with Crippen molar-refractivity contribution in [2.24, 2.45) is 11.8 Å². The van der Waals surface area contributed by atoms with E-state index in [-0.39, 0.29) is 6.04 Å². The van der Waals surface area contributed by atoms with Crippen molar-refractivity contribution in [2.75, 3.05) is 6.54 Å². The van der Waals surface area contributed by atoms with Gasteiger partial charge in [0.25, 0.3) is 0 Å². The second-order valence-electron chi connectivity index (χ2n) is 5.21. The molecule has 0 amide bonds. The fourth-order valence-electron chi connectivity index (χ4n) is 2.48. The normalized spacial score (nSPS) is 28.7. The van der Waals surface area contributed by atoms with Gasteiger partial charge in [0.1, 0.15) is 6.04 Å². The Morgan fingerprint density at radius 2 is 1.93 bits per heavy atom. The number of carbonyl (C=O) groups is 1. The lowest BCUT2D eigenvalue weighted by Gasteiger charge is -2.40. The molecule has 1 rings (SSSR count). The highest BCUT2D eigenvalue weighted by Crippen LogP contribution is 2.29. The zero-order valence-electron chi connectivity index (χ0n) is 10.2. The number of rotatable bonds is 3. The summed E-state index contributed by atoms with van der Waals surface area (Å²) in [5.41, 5.74) is 0. The van der Waals surface area contributed by atoms with Gasteiger partial charge in [-0.1, -0.05) is 13.8 Å². The predicted octanol–water partition coefficient (Wildman–Crippen LogP) is 2.22. The van der Waals surface area contributed by atoms with E-state index in [0.717, 1.165) is 19.4 Å². The molecular formula is C12H23NO2. The maximum atomic E-state index is 11.2. The minimum Gasteiger partial charge on any atom is -0.480 e. The Kier molecular flexibility index (Phi) is 4.14. The Hall–Kier alpha value is -0.570. The van der Waals surface area contributed by atoms with E-state index >= 15 is 0 Å². The van der Waals surface area contributed by atoms with Crippen molar-refractivity contribution in [1.29, 1.82) is 0 Å². The van der Waals surface area contributed by atoms with E-state index in [9.17, 15) is 9.90 Å². The van der Waals surface area contributed by atoms with E-state index in [1.165, 1.54) is 0 Å². The molecule has 3 nitrogen and oxygen atoms in total. The monoisotopic (exact) mass is 213 g/mol. The molecule has 2 atom stereocenters. The maximum Gasteiger partial charge on any atom is 0.320 e. The summed E-state index contributed by atoms with van der Waals surface area (Å²) < 4.78 is 0. The van der Waals surface area contributed by atoms with E-state index in [1.54, 1.807) is 0 Å². The largest absolute Gasteiger partial charge is 0.480 e. The van der Waals surface area contributed by atoms with Gasteiger partial charge in [-0.05, 0) is 45.1 Å². The average molecular weight is 213 g/mol. The average Bonchev–Trinajstić information content (AvgIpc) is 2.16. The first kappa shape index (κ1) is 12.5. The first-order chi connectivity index (χ1) is 6.93. The van der Waals surface area contributed by atoms with E-state index in [2.05, 4.69) is 32.6 Å². The first-order valence-corrected chi connectivity index (χ1v) is 5.92. The standard InChI is InChI=1S/C12H23NO2/c1-8(2)10-5-6-13(9(3)4)11(7-10)12(14)15/h8-11H,5-7H2,1-4H3,(H,14,15). The summed E-state index contributed by atoms with van der Waals surface area (Å²) >= 11 is 0. The quantitative estimate of drug-likeness (QED) is 0.781. The lowest BCUT2D eigenvalue weighted by Crippen LogP contribution is -2.50. The lowest BCUT2D eigenvalue weighted by molar-refractivity contribution is -0.146. The van der Waals surface area contributed by atoms with Gasteiger partial charge in [0.2, 0.25) is 0 Å². The van der Waals surface area contributed by atoms with Crippen molar-refractivity contribution in [1.82, 2.24) is 4.90 Å².